The first-order chi connectivity index (χ1) is 30.6. The Bertz CT molecular complexity index is 1510. The first-order valence-corrected chi connectivity index (χ1v) is 20.5. The highest BCUT2D eigenvalue weighted by Crippen LogP contribution is 2.33. The Morgan fingerprint density at radius 3 is 1.52 bits per heavy atom. The molecule has 4 aliphatic heterocycles. The fourth-order valence-corrected chi connectivity index (χ4v) is 7.74. The molecule has 0 unspecified atom stereocenters. The molecule has 0 radical (unpaired) electrons. The molecule has 18 N–H and O–H groups in total. The van der Waals surface area contributed by atoms with Crippen LogP contribution in [-0.2, 0) is 52.3 Å². The minimum atomic E-state index is -2.26. The van der Waals surface area contributed by atoms with Crippen molar-refractivity contribution >= 4 is 17.7 Å². The van der Waals surface area contributed by atoms with Crippen molar-refractivity contribution in [3.63, 3.8) is 0 Å². The Hall–Kier alpha value is -2.51. The zero-order valence-corrected chi connectivity index (χ0v) is 35.3. The molecule has 24 atom stereocenters. The Morgan fingerprint density at radius 1 is 0.523 bits per heavy atom. The van der Waals surface area contributed by atoms with Crippen molar-refractivity contribution in [3.8, 4) is 0 Å². The highest BCUT2D eigenvalue weighted by atomic mass is 16.8. The van der Waals surface area contributed by atoms with Crippen LogP contribution >= 0.6 is 0 Å². The highest BCUT2D eigenvalue weighted by Gasteiger charge is 2.54. The topological polar surface area (TPSA) is 465 Å². The van der Waals surface area contributed by atoms with Gasteiger partial charge in [-0.15, -0.1) is 0 Å². The maximum absolute atomic E-state index is 12.3. The lowest BCUT2D eigenvalue weighted by molar-refractivity contribution is -0.358. The van der Waals surface area contributed by atoms with Gasteiger partial charge in [0.05, 0.1) is 45.7 Å². The van der Waals surface area contributed by atoms with E-state index in [1.165, 1.54) is 0 Å². The van der Waals surface area contributed by atoms with Crippen molar-refractivity contribution < 1.29 is 129 Å². The molecule has 0 spiro atoms. The summed E-state index contributed by atoms with van der Waals surface area (Å²) in [6.07, 6.45) is -38.9. The van der Waals surface area contributed by atoms with Crippen molar-refractivity contribution in [2.45, 2.75) is 168 Å². The van der Waals surface area contributed by atoms with Gasteiger partial charge in [0.25, 0.3) is 0 Å². The van der Waals surface area contributed by atoms with Crippen LogP contribution in [0.25, 0.3) is 0 Å². The molecule has 0 aromatic carbocycles. The predicted octanol–water partition coefficient (Wildman–Crippen LogP) is -11.9. The number of aliphatic hydroxyl groups is 15. The van der Waals surface area contributed by atoms with Crippen molar-refractivity contribution in [1.29, 1.82) is 0 Å². The van der Waals surface area contributed by atoms with E-state index < -0.39 is 204 Å². The maximum Gasteiger partial charge on any atom is 0.217 e. The average molecular weight is 954 g/mol. The Morgan fingerprint density at radius 2 is 1.00 bits per heavy atom. The number of nitrogens with one attached hydrogen (secondary N) is 3. The zero-order chi connectivity index (χ0) is 48.6. The normalized spacial score (nSPS) is 42.0. The summed E-state index contributed by atoms with van der Waals surface area (Å²) in [4.78, 5) is 36.4. The molecule has 4 heterocycles. The van der Waals surface area contributed by atoms with Gasteiger partial charge in [-0.25, -0.2) is 0 Å². The van der Waals surface area contributed by atoms with Gasteiger partial charge in [0.2, 0.25) is 17.7 Å². The molecule has 0 aromatic rings. The lowest BCUT2D eigenvalue weighted by atomic mass is 9.95. The zero-order valence-electron chi connectivity index (χ0n) is 35.3. The summed E-state index contributed by atoms with van der Waals surface area (Å²) in [6, 6.07) is -4.83. The van der Waals surface area contributed by atoms with Crippen LogP contribution in [0.5, 0.6) is 0 Å². The van der Waals surface area contributed by atoms with Crippen molar-refractivity contribution in [2.24, 2.45) is 0 Å². The molecule has 4 fully saturated rings. The van der Waals surface area contributed by atoms with Gasteiger partial charge in [0, 0.05) is 20.8 Å². The second-order valence-electron chi connectivity index (χ2n) is 16.0. The number of carbonyl (C=O) groups excluding carboxylic acids is 3. The number of amides is 3. The minimum Gasteiger partial charge on any atom is -0.394 e. The van der Waals surface area contributed by atoms with E-state index in [4.69, 9.17) is 37.9 Å². The van der Waals surface area contributed by atoms with Gasteiger partial charge in [-0.2, -0.15) is 0 Å². The predicted molar refractivity (Wildman–Crippen MR) is 204 cm³/mol. The molecule has 4 saturated heterocycles. The molecule has 0 bridgehead atoms. The SMILES string of the molecule is CC(=O)N[C@H]1[C@H](OC[C@@H](O)[C@H](O)[C@H](O[C@@H]2O[C@H](CO)[C@H](O)[C@H](O[C@@H]3O[C@H](CO)[C@@H](O)[C@H](O)[C@H]3NC(C)=O)[C@H]2O)[C@H](CO)NC(C)=O)O[C@H](CO)[C@@H](O[C@@H]2O[C@H](CO)[C@H](O)[C@H](O)[C@H]2O)[C@@H]1O. The van der Waals surface area contributed by atoms with Crippen LogP contribution in [0.2, 0.25) is 0 Å². The van der Waals surface area contributed by atoms with E-state index in [-0.39, 0.29) is 0 Å². The standard InChI is InChI=1S/C36H63N3O26/c1-10(45)37-13(4-40)30(63-36-29(57)32(24(52)17(7-43)61-36)65-34-19(38-11(2)46)25(53)22(50)15(5-41)59-34)21(49)14(48)9-58-33-20(39-12(3)47)26(54)31(18(8-44)62-33)64-35-28(56)27(55)23(51)16(6-42)60-35/h13-36,40-44,48-57H,4-9H2,1-3H3,(H,37,45)(H,38,46)(H,39,47)/t13-,14+,15+,16+,17+,18+,19+,20+,21-,22+,23-,24-,25+,26+,27-,28+,29+,30+,31+,32-,33+,34-,35-,36-/m0/s1. The Labute approximate surface area is 369 Å². The molecule has 0 aliphatic carbocycles. The summed E-state index contributed by atoms with van der Waals surface area (Å²) < 4.78 is 45.1. The van der Waals surface area contributed by atoms with Crippen molar-refractivity contribution in [2.75, 3.05) is 39.6 Å². The number of hydrogen-bond donors (Lipinski definition) is 18. The third-order valence-corrected chi connectivity index (χ3v) is 11.2. The number of hydrogen-bond acceptors (Lipinski definition) is 26. The van der Waals surface area contributed by atoms with Gasteiger partial charge >= 0.3 is 0 Å². The molecular formula is C36H63N3O26. The lowest BCUT2D eigenvalue weighted by Gasteiger charge is -2.48. The third kappa shape index (κ3) is 13.2. The Kier molecular flexibility index (Phi) is 20.9. The van der Waals surface area contributed by atoms with Crippen LogP contribution in [0.1, 0.15) is 20.8 Å². The monoisotopic (exact) mass is 953 g/mol. The van der Waals surface area contributed by atoms with Gasteiger partial charge < -0.3 is 130 Å². The summed E-state index contributed by atoms with van der Waals surface area (Å²) in [7, 11) is 0. The van der Waals surface area contributed by atoms with E-state index in [1.807, 2.05) is 0 Å². The van der Waals surface area contributed by atoms with E-state index in [0.717, 1.165) is 20.8 Å². The summed E-state index contributed by atoms with van der Waals surface area (Å²) in [5, 5.41) is 166. The number of ether oxygens (including phenoxy) is 8. The summed E-state index contributed by atoms with van der Waals surface area (Å²) in [5.74, 6) is -2.33. The summed E-state index contributed by atoms with van der Waals surface area (Å²) >= 11 is 0. The molecular weight excluding hydrogens is 890 g/mol. The van der Waals surface area contributed by atoms with Gasteiger partial charge in [-0.3, -0.25) is 14.4 Å². The van der Waals surface area contributed by atoms with Crippen molar-refractivity contribution in [3.05, 3.63) is 0 Å². The molecule has 4 aliphatic rings. The van der Waals surface area contributed by atoms with Crippen molar-refractivity contribution in [1.82, 2.24) is 16.0 Å². The van der Waals surface area contributed by atoms with Gasteiger partial charge in [-0.1, -0.05) is 0 Å². The second-order valence-corrected chi connectivity index (χ2v) is 16.0. The van der Waals surface area contributed by atoms with Crippen LogP contribution in [-0.4, -0.2) is 281 Å². The maximum atomic E-state index is 12.3. The number of aliphatic hydroxyl groups excluding tert-OH is 15. The molecule has 4 rings (SSSR count). The van der Waals surface area contributed by atoms with E-state index in [1.54, 1.807) is 0 Å². The molecule has 0 saturated carbocycles. The molecule has 0 aromatic heterocycles. The van der Waals surface area contributed by atoms with Gasteiger partial charge in [0.15, 0.2) is 25.2 Å². The molecule has 378 valence electrons. The second kappa shape index (κ2) is 24.7. The quantitative estimate of drug-likeness (QED) is 0.0539. The molecule has 29 nitrogen and oxygen atoms in total. The van der Waals surface area contributed by atoms with E-state index >= 15 is 0 Å². The first kappa shape index (κ1) is 55.1. The third-order valence-electron chi connectivity index (χ3n) is 11.2. The number of rotatable bonds is 20. The van der Waals surface area contributed by atoms with Crippen LogP contribution in [0.3, 0.4) is 0 Å². The van der Waals surface area contributed by atoms with Gasteiger partial charge in [0.1, 0.15) is 116 Å². The van der Waals surface area contributed by atoms with E-state index in [0.29, 0.717) is 0 Å². The lowest BCUT2D eigenvalue weighted by Crippen LogP contribution is -2.68. The van der Waals surface area contributed by atoms with Crippen LogP contribution in [0.15, 0.2) is 0 Å². The van der Waals surface area contributed by atoms with Crippen LogP contribution in [0, 0.1) is 0 Å². The summed E-state index contributed by atoms with van der Waals surface area (Å²) in [5.41, 5.74) is 0. The average Bonchev–Trinajstić information content (AvgIpc) is 3.26. The van der Waals surface area contributed by atoms with Gasteiger partial charge in [-0.05, 0) is 0 Å². The Balaban J connectivity index is 1.56. The molecule has 29 heteroatoms. The van der Waals surface area contributed by atoms with Crippen LogP contribution < -0.4 is 16.0 Å². The molecule has 65 heavy (non-hydrogen) atoms. The minimum absolute atomic E-state index is 0.745. The fourth-order valence-electron chi connectivity index (χ4n) is 7.74. The largest absolute Gasteiger partial charge is 0.394 e. The number of carbonyl (C=O) groups is 3. The summed E-state index contributed by atoms with van der Waals surface area (Å²) in [6.45, 7) is -2.53. The first-order valence-electron chi connectivity index (χ1n) is 20.5. The van der Waals surface area contributed by atoms with Crippen LogP contribution in [0.4, 0.5) is 0 Å². The molecule has 3 amide bonds. The van der Waals surface area contributed by atoms with E-state index in [9.17, 15) is 91.0 Å². The smallest absolute Gasteiger partial charge is 0.217 e. The highest BCUT2D eigenvalue weighted by molar-refractivity contribution is 5.74. The van der Waals surface area contributed by atoms with E-state index in [2.05, 4.69) is 16.0 Å². The fraction of sp³-hybridized carbons (Fsp3) is 0.917.